The fourth-order valence-electron chi connectivity index (χ4n) is 1.39. The maximum atomic E-state index is 11.4. The summed E-state index contributed by atoms with van der Waals surface area (Å²) >= 11 is 0. The number of hydrogen-bond acceptors (Lipinski definition) is 6. The Bertz CT molecular complexity index is 549. The molecule has 2 aromatic heterocycles. The molecular weight excluding hydrogens is 224 g/mol. The molecular formula is C10H12N4O3. The molecule has 0 amide bonds. The largest absolute Gasteiger partial charge is 0.493 e. The van der Waals surface area contributed by atoms with Crippen LogP contribution < -0.4 is 0 Å². The lowest BCUT2D eigenvalue weighted by atomic mass is 10.3. The van der Waals surface area contributed by atoms with Crippen LogP contribution in [0.1, 0.15) is 19.5 Å². The summed E-state index contributed by atoms with van der Waals surface area (Å²) in [6.07, 6.45) is 1.10. The number of aromatic hydroxyl groups is 1. The third kappa shape index (κ3) is 2.49. The van der Waals surface area contributed by atoms with Crippen LogP contribution in [0.4, 0.5) is 0 Å². The molecule has 0 aliphatic carbocycles. The fraction of sp³-hybridized carbons (Fsp3) is 0.400. The number of fused-ring (bicyclic) bond motifs is 1. The number of carbonyl (C=O) groups excluding carboxylic acids is 1. The number of ether oxygens (including phenoxy) is 1. The van der Waals surface area contributed by atoms with E-state index in [2.05, 4.69) is 15.1 Å². The average molecular weight is 236 g/mol. The zero-order chi connectivity index (χ0) is 12.4. The highest BCUT2D eigenvalue weighted by Gasteiger charge is 2.11. The second-order valence-electron chi connectivity index (χ2n) is 3.79. The third-order valence-corrected chi connectivity index (χ3v) is 1.98. The Morgan fingerprint density at radius 1 is 1.59 bits per heavy atom. The third-order valence-electron chi connectivity index (χ3n) is 1.98. The minimum Gasteiger partial charge on any atom is -0.493 e. The Hall–Kier alpha value is -2.18. The Balaban J connectivity index is 2.21. The zero-order valence-electron chi connectivity index (χ0n) is 9.49. The number of nitrogens with zero attached hydrogens (tertiary/aromatic N) is 4. The quantitative estimate of drug-likeness (QED) is 0.772. The van der Waals surface area contributed by atoms with E-state index in [1.807, 2.05) is 0 Å². The average Bonchev–Trinajstić information content (AvgIpc) is 2.64. The molecule has 0 radical (unpaired) electrons. The van der Waals surface area contributed by atoms with Gasteiger partial charge in [-0.15, -0.1) is 0 Å². The Morgan fingerprint density at radius 3 is 3.06 bits per heavy atom. The van der Waals surface area contributed by atoms with Crippen LogP contribution in [0.25, 0.3) is 5.78 Å². The molecule has 90 valence electrons. The van der Waals surface area contributed by atoms with Crippen molar-refractivity contribution in [2.24, 2.45) is 0 Å². The maximum Gasteiger partial charge on any atom is 0.312 e. The highest BCUT2D eigenvalue weighted by Crippen LogP contribution is 2.12. The summed E-state index contributed by atoms with van der Waals surface area (Å²) in [6, 6.07) is 1.36. The Morgan fingerprint density at radius 2 is 2.35 bits per heavy atom. The molecule has 0 saturated carbocycles. The van der Waals surface area contributed by atoms with E-state index in [9.17, 15) is 9.90 Å². The lowest BCUT2D eigenvalue weighted by Gasteiger charge is -2.07. The van der Waals surface area contributed by atoms with Gasteiger partial charge in [0.1, 0.15) is 6.33 Å². The van der Waals surface area contributed by atoms with Crippen LogP contribution in [0.2, 0.25) is 0 Å². The van der Waals surface area contributed by atoms with E-state index in [4.69, 9.17) is 4.74 Å². The minimum absolute atomic E-state index is 0.00486. The number of hydrogen-bond donors (Lipinski definition) is 1. The summed E-state index contributed by atoms with van der Waals surface area (Å²) < 4.78 is 6.16. The second kappa shape index (κ2) is 4.36. The van der Waals surface area contributed by atoms with Crippen molar-refractivity contribution >= 4 is 11.7 Å². The number of rotatable bonds is 3. The predicted molar refractivity (Wildman–Crippen MR) is 57.4 cm³/mol. The van der Waals surface area contributed by atoms with E-state index in [0.29, 0.717) is 5.69 Å². The normalized spacial score (nSPS) is 11.0. The summed E-state index contributed by atoms with van der Waals surface area (Å²) in [4.78, 5) is 19.3. The van der Waals surface area contributed by atoms with E-state index < -0.39 is 5.97 Å². The van der Waals surface area contributed by atoms with Gasteiger partial charge in [0.2, 0.25) is 5.88 Å². The molecule has 0 unspecified atom stereocenters. The van der Waals surface area contributed by atoms with Gasteiger partial charge in [-0.1, -0.05) is 0 Å². The van der Waals surface area contributed by atoms with Gasteiger partial charge in [0.15, 0.2) is 0 Å². The van der Waals surface area contributed by atoms with Gasteiger partial charge in [-0.2, -0.15) is 14.6 Å². The van der Waals surface area contributed by atoms with E-state index in [1.54, 1.807) is 13.8 Å². The van der Waals surface area contributed by atoms with Crippen molar-refractivity contribution in [1.29, 1.82) is 0 Å². The summed E-state index contributed by atoms with van der Waals surface area (Å²) in [7, 11) is 0. The van der Waals surface area contributed by atoms with Gasteiger partial charge in [-0.05, 0) is 13.8 Å². The van der Waals surface area contributed by atoms with Gasteiger partial charge in [-0.25, -0.2) is 4.98 Å². The van der Waals surface area contributed by atoms with Crippen LogP contribution >= 0.6 is 0 Å². The van der Waals surface area contributed by atoms with Gasteiger partial charge >= 0.3 is 5.97 Å². The van der Waals surface area contributed by atoms with Crippen molar-refractivity contribution in [2.75, 3.05) is 0 Å². The molecule has 17 heavy (non-hydrogen) atoms. The van der Waals surface area contributed by atoms with Crippen LogP contribution in [-0.4, -0.2) is 36.8 Å². The first-order valence-electron chi connectivity index (χ1n) is 5.14. The van der Waals surface area contributed by atoms with Crippen molar-refractivity contribution in [3.05, 3.63) is 18.1 Å². The molecule has 0 aliphatic rings. The van der Waals surface area contributed by atoms with E-state index in [1.165, 1.54) is 16.9 Å². The Labute approximate surface area is 97.1 Å². The van der Waals surface area contributed by atoms with Crippen LogP contribution in [0.3, 0.4) is 0 Å². The van der Waals surface area contributed by atoms with Crippen molar-refractivity contribution in [2.45, 2.75) is 26.4 Å². The summed E-state index contributed by atoms with van der Waals surface area (Å²) in [6.45, 7) is 3.54. The summed E-state index contributed by atoms with van der Waals surface area (Å²) in [5.74, 6) is -0.257. The van der Waals surface area contributed by atoms with E-state index in [-0.39, 0.29) is 24.2 Å². The van der Waals surface area contributed by atoms with E-state index in [0.717, 1.165) is 0 Å². The maximum absolute atomic E-state index is 11.4. The van der Waals surface area contributed by atoms with E-state index >= 15 is 0 Å². The van der Waals surface area contributed by atoms with Crippen LogP contribution in [0.15, 0.2) is 12.4 Å². The standard InChI is InChI=1S/C10H12N4O3/c1-6(2)17-9(16)4-7-3-8(15)14-10(13-7)11-5-12-14/h3,5-6,15H,4H2,1-2H3. The van der Waals surface area contributed by atoms with Gasteiger partial charge in [-0.3, -0.25) is 4.79 Å². The molecule has 0 aliphatic heterocycles. The summed E-state index contributed by atoms with van der Waals surface area (Å²) in [5, 5.41) is 13.4. The molecule has 2 aromatic rings. The first kappa shape index (κ1) is 11.3. The molecule has 2 heterocycles. The van der Waals surface area contributed by atoms with Gasteiger partial charge in [0.25, 0.3) is 5.78 Å². The molecule has 7 nitrogen and oxygen atoms in total. The monoisotopic (exact) mass is 236 g/mol. The van der Waals surface area contributed by atoms with Crippen LogP contribution in [-0.2, 0) is 16.0 Å². The Kier molecular flexibility index (Phi) is 2.90. The molecule has 0 aromatic carbocycles. The van der Waals surface area contributed by atoms with Crippen molar-refractivity contribution in [1.82, 2.24) is 19.6 Å². The smallest absolute Gasteiger partial charge is 0.312 e. The molecule has 0 fully saturated rings. The SMILES string of the molecule is CC(C)OC(=O)Cc1cc(O)n2ncnc2n1. The van der Waals surface area contributed by atoms with Crippen molar-refractivity contribution < 1.29 is 14.6 Å². The van der Waals surface area contributed by atoms with Crippen LogP contribution in [0, 0.1) is 0 Å². The first-order chi connectivity index (χ1) is 8.06. The highest BCUT2D eigenvalue weighted by atomic mass is 16.5. The molecule has 1 N–H and O–H groups in total. The molecule has 0 saturated heterocycles. The topological polar surface area (TPSA) is 89.6 Å². The zero-order valence-corrected chi connectivity index (χ0v) is 9.49. The second-order valence-corrected chi connectivity index (χ2v) is 3.79. The first-order valence-corrected chi connectivity index (χ1v) is 5.14. The molecule has 0 spiro atoms. The van der Waals surface area contributed by atoms with Gasteiger partial charge < -0.3 is 9.84 Å². The predicted octanol–water partition coefficient (Wildman–Crippen LogP) is 0.324. The molecule has 2 rings (SSSR count). The number of aromatic nitrogens is 4. The summed E-state index contributed by atoms with van der Waals surface area (Å²) in [5.41, 5.74) is 0.397. The molecule has 0 bridgehead atoms. The van der Waals surface area contributed by atoms with Crippen LogP contribution in [0.5, 0.6) is 5.88 Å². The minimum atomic E-state index is -0.393. The van der Waals surface area contributed by atoms with Gasteiger partial charge in [0, 0.05) is 6.07 Å². The van der Waals surface area contributed by atoms with Crippen molar-refractivity contribution in [3.63, 3.8) is 0 Å². The number of esters is 1. The lowest BCUT2D eigenvalue weighted by molar-refractivity contribution is -0.146. The fourth-order valence-corrected chi connectivity index (χ4v) is 1.39. The van der Waals surface area contributed by atoms with Gasteiger partial charge in [0.05, 0.1) is 18.2 Å². The molecule has 7 heteroatoms. The molecule has 0 atom stereocenters. The highest BCUT2D eigenvalue weighted by molar-refractivity contribution is 5.72. The lowest BCUT2D eigenvalue weighted by Crippen LogP contribution is -2.14. The number of carbonyl (C=O) groups is 1. The van der Waals surface area contributed by atoms with Crippen molar-refractivity contribution in [3.8, 4) is 5.88 Å².